The van der Waals surface area contributed by atoms with Crippen LogP contribution >= 0.6 is 0 Å². The van der Waals surface area contributed by atoms with Crippen molar-refractivity contribution in [3.05, 3.63) is 88.5 Å². The summed E-state index contributed by atoms with van der Waals surface area (Å²) in [5, 5.41) is 36.4. The van der Waals surface area contributed by atoms with Gasteiger partial charge in [0, 0.05) is 0 Å². The van der Waals surface area contributed by atoms with Gasteiger partial charge in [0.25, 0.3) is 0 Å². The predicted octanol–water partition coefficient (Wildman–Crippen LogP) is 5.11. The van der Waals surface area contributed by atoms with Crippen molar-refractivity contribution < 1.29 is 9.47 Å². The van der Waals surface area contributed by atoms with E-state index in [-0.39, 0.29) is 6.10 Å². The van der Waals surface area contributed by atoms with Gasteiger partial charge in [-0.2, -0.15) is 21.0 Å². The predicted molar refractivity (Wildman–Crippen MR) is 107 cm³/mol. The average Bonchev–Trinajstić information content (AvgIpc) is 2.78. The maximum atomic E-state index is 9.11. The van der Waals surface area contributed by atoms with Gasteiger partial charge >= 0.3 is 0 Å². The fraction of sp³-hybridized carbons (Fsp3) is 0.0833. The van der Waals surface area contributed by atoms with Crippen molar-refractivity contribution in [2.45, 2.75) is 13.0 Å². The summed E-state index contributed by atoms with van der Waals surface area (Å²) in [6.07, 6.45) is -0.380. The maximum absolute atomic E-state index is 9.11. The fourth-order valence-electron chi connectivity index (χ4n) is 2.82. The number of ether oxygens (including phenoxy) is 2. The largest absolute Gasteiger partial charge is 0.486 e. The molecule has 1 atom stereocenters. The zero-order valence-electron chi connectivity index (χ0n) is 16.0. The van der Waals surface area contributed by atoms with E-state index in [1.54, 1.807) is 42.5 Å². The lowest BCUT2D eigenvalue weighted by atomic mass is 10.1. The highest BCUT2D eigenvalue weighted by Gasteiger charge is 2.11. The van der Waals surface area contributed by atoms with E-state index in [9.17, 15) is 0 Å². The molecule has 0 radical (unpaired) electrons. The van der Waals surface area contributed by atoms with Crippen LogP contribution in [-0.4, -0.2) is 0 Å². The Morgan fingerprint density at radius 2 is 1.13 bits per heavy atom. The van der Waals surface area contributed by atoms with Crippen LogP contribution in [0.3, 0.4) is 0 Å². The first kappa shape index (κ1) is 20.0. The minimum Gasteiger partial charge on any atom is -0.486 e. The Morgan fingerprint density at radius 3 is 1.63 bits per heavy atom. The fourth-order valence-corrected chi connectivity index (χ4v) is 2.82. The van der Waals surface area contributed by atoms with E-state index in [1.165, 1.54) is 12.1 Å². The summed E-state index contributed by atoms with van der Waals surface area (Å²) < 4.78 is 11.8. The molecule has 0 saturated carbocycles. The Kier molecular flexibility index (Phi) is 5.95. The van der Waals surface area contributed by atoms with E-state index in [4.69, 9.17) is 30.5 Å². The van der Waals surface area contributed by atoms with Gasteiger partial charge in [0.2, 0.25) is 0 Å². The average molecular weight is 390 g/mol. The lowest BCUT2D eigenvalue weighted by Gasteiger charge is -2.16. The quantitative estimate of drug-likeness (QED) is 0.598. The zero-order valence-corrected chi connectivity index (χ0v) is 16.0. The van der Waals surface area contributed by atoms with E-state index < -0.39 is 0 Å². The van der Waals surface area contributed by atoms with E-state index in [0.29, 0.717) is 39.5 Å². The second kappa shape index (κ2) is 8.94. The third kappa shape index (κ3) is 4.73. The molecule has 0 heterocycles. The van der Waals surface area contributed by atoms with E-state index >= 15 is 0 Å². The molecule has 30 heavy (non-hydrogen) atoms. The third-order valence-corrected chi connectivity index (χ3v) is 4.21. The van der Waals surface area contributed by atoms with Crippen LogP contribution in [0.1, 0.15) is 40.8 Å². The molecule has 0 aliphatic carbocycles. The molecule has 0 fully saturated rings. The van der Waals surface area contributed by atoms with Gasteiger partial charge in [-0.1, -0.05) is 12.1 Å². The Bertz CT molecular complexity index is 1210. The second-order valence-electron chi connectivity index (χ2n) is 6.37. The third-order valence-electron chi connectivity index (χ3n) is 4.21. The minimum absolute atomic E-state index is 0.336. The highest BCUT2D eigenvalue weighted by Crippen LogP contribution is 2.29. The van der Waals surface area contributed by atoms with E-state index in [2.05, 4.69) is 0 Å². The van der Waals surface area contributed by atoms with Crippen LogP contribution in [0.25, 0.3) is 0 Å². The Hall–Kier alpha value is -4.78. The first-order valence-corrected chi connectivity index (χ1v) is 8.89. The van der Waals surface area contributed by atoms with Crippen molar-refractivity contribution in [1.82, 2.24) is 0 Å². The van der Waals surface area contributed by atoms with Gasteiger partial charge in [-0.3, -0.25) is 0 Å². The van der Waals surface area contributed by atoms with Gasteiger partial charge in [-0.25, -0.2) is 0 Å². The lowest BCUT2D eigenvalue weighted by molar-refractivity contribution is 0.226. The Balaban J connectivity index is 1.83. The van der Waals surface area contributed by atoms with Gasteiger partial charge < -0.3 is 9.47 Å². The second-order valence-corrected chi connectivity index (χ2v) is 6.37. The van der Waals surface area contributed by atoms with Crippen molar-refractivity contribution in [2.24, 2.45) is 0 Å². The molecule has 3 aromatic rings. The molecule has 0 amide bonds. The molecular formula is C24H14N4O2. The van der Waals surface area contributed by atoms with Crippen molar-refractivity contribution >= 4 is 0 Å². The summed E-state index contributed by atoms with van der Waals surface area (Å²) in [5.41, 5.74) is 2.17. The molecule has 0 bridgehead atoms. The number of hydrogen-bond acceptors (Lipinski definition) is 6. The smallest absolute Gasteiger partial charge is 0.130 e. The number of nitriles is 4. The molecule has 0 saturated heterocycles. The molecule has 6 heteroatoms. The normalized spacial score (nSPS) is 10.6. The molecule has 0 aliphatic rings. The van der Waals surface area contributed by atoms with Gasteiger partial charge in [-0.15, -0.1) is 0 Å². The molecule has 6 nitrogen and oxygen atoms in total. The zero-order chi connectivity index (χ0) is 21.5. The van der Waals surface area contributed by atoms with Crippen molar-refractivity contribution in [3.63, 3.8) is 0 Å². The molecular weight excluding hydrogens is 376 g/mol. The molecule has 0 spiro atoms. The van der Waals surface area contributed by atoms with Crippen LogP contribution in [0.4, 0.5) is 0 Å². The summed E-state index contributed by atoms with van der Waals surface area (Å²) in [7, 11) is 0. The van der Waals surface area contributed by atoms with Crippen LogP contribution in [0.5, 0.6) is 17.2 Å². The summed E-state index contributed by atoms with van der Waals surface area (Å²) in [4.78, 5) is 0. The SMILES string of the molecule is CC(Oc1cc(C#N)cc(C#N)c1)c1cccc(Oc2cc(C#N)cc(C#N)c2)c1. The van der Waals surface area contributed by atoms with Crippen LogP contribution < -0.4 is 9.47 Å². The first-order valence-electron chi connectivity index (χ1n) is 8.89. The molecule has 0 N–H and O–H groups in total. The standard InChI is InChI=1S/C24H14N4O2/c1-16(29-23-7-17(12-25)5-18(8-23)13-26)21-3-2-4-22(11-21)30-24-9-19(14-27)6-20(10-24)15-28/h2-11,16H,1H3. The molecule has 0 aliphatic heterocycles. The highest BCUT2D eigenvalue weighted by molar-refractivity contribution is 5.48. The minimum atomic E-state index is -0.380. The van der Waals surface area contributed by atoms with Crippen LogP contribution in [0.2, 0.25) is 0 Å². The van der Waals surface area contributed by atoms with Gasteiger partial charge in [0.1, 0.15) is 23.4 Å². The maximum Gasteiger partial charge on any atom is 0.130 e. The Labute approximate surface area is 174 Å². The highest BCUT2D eigenvalue weighted by atomic mass is 16.5. The topological polar surface area (TPSA) is 114 Å². The van der Waals surface area contributed by atoms with Crippen LogP contribution in [0.15, 0.2) is 60.7 Å². The summed E-state index contributed by atoms with van der Waals surface area (Å²) >= 11 is 0. The summed E-state index contributed by atoms with van der Waals surface area (Å²) in [5.74, 6) is 1.33. The van der Waals surface area contributed by atoms with Crippen molar-refractivity contribution in [1.29, 1.82) is 21.0 Å². The number of benzene rings is 3. The van der Waals surface area contributed by atoms with Crippen LogP contribution in [-0.2, 0) is 0 Å². The number of nitrogens with zero attached hydrogens (tertiary/aromatic N) is 4. The van der Waals surface area contributed by atoms with Gasteiger partial charge in [-0.05, 0) is 61.0 Å². The monoisotopic (exact) mass is 390 g/mol. The Morgan fingerprint density at radius 1 is 0.633 bits per heavy atom. The molecule has 142 valence electrons. The molecule has 0 aromatic heterocycles. The lowest BCUT2D eigenvalue weighted by Crippen LogP contribution is -2.04. The number of rotatable bonds is 5. The summed E-state index contributed by atoms with van der Waals surface area (Å²) in [6.45, 7) is 1.84. The van der Waals surface area contributed by atoms with E-state index in [0.717, 1.165) is 5.56 Å². The van der Waals surface area contributed by atoms with Crippen molar-refractivity contribution in [2.75, 3.05) is 0 Å². The first-order chi connectivity index (χ1) is 14.5. The molecule has 3 rings (SSSR count). The van der Waals surface area contributed by atoms with E-state index in [1.807, 2.05) is 37.3 Å². The van der Waals surface area contributed by atoms with Gasteiger partial charge in [0.05, 0.1) is 46.5 Å². The summed E-state index contributed by atoms with van der Waals surface area (Å²) in [6, 6.07) is 24.5. The van der Waals surface area contributed by atoms with Gasteiger partial charge in [0.15, 0.2) is 0 Å². The van der Waals surface area contributed by atoms with Crippen LogP contribution in [0, 0.1) is 45.3 Å². The molecule has 3 aromatic carbocycles. The molecule has 1 unspecified atom stereocenters. The number of hydrogen-bond donors (Lipinski definition) is 0. The van der Waals surface area contributed by atoms with Crippen molar-refractivity contribution in [3.8, 4) is 41.5 Å².